The Morgan fingerprint density at radius 3 is 2.39 bits per heavy atom. The molecule has 0 heterocycles. The van der Waals surface area contributed by atoms with Crippen molar-refractivity contribution in [2.24, 2.45) is 0 Å². The lowest BCUT2D eigenvalue weighted by Crippen LogP contribution is -2.29. The lowest BCUT2D eigenvalue weighted by atomic mass is 9.96. The summed E-state index contributed by atoms with van der Waals surface area (Å²) in [5, 5.41) is 10.8. The molecule has 1 amide bonds. The topological polar surface area (TPSA) is 66.4 Å². The summed E-state index contributed by atoms with van der Waals surface area (Å²) in [6, 6.07) is 8.16. The van der Waals surface area contributed by atoms with Gasteiger partial charge in [-0.05, 0) is 23.5 Å². The van der Waals surface area contributed by atoms with Gasteiger partial charge in [-0.15, -0.1) is 0 Å². The van der Waals surface area contributed by atoms with Crippen LogP contribution >= 0.6 is 0 Å². The molecule has 0 radical (unpaired) electrons. The molecule has 0 aliphatic carbocycles. The van der Waals surface area contributed by atoms with Gasteiger partial charge < -0.3 is 10.4 Å². The Labute approximate surface area is 107 Å². The molecule has 0 saturated heterocycles. The molecular formula is C14H19NO3. The van der Waals surface area contributed by atoms with Crippen molar-refractivity contribution in [1.82, 2.24) is 5.32 Å². The minimum Gasteiger partial charge on any atom is -0.480 e. The number of hydrogen-bond donors (Lipinski definition) is 2. The first-order valence-electron chi connectivity index (χ1n) is 6.10. The second-order valence-electron chi connectivity index (χ2n) is 4.37. The molecular weight excluding hydrogens is 230 g/mol. The van der Waals surface area contributed by atoms with E-state index in [1.165, 1.54) is 5.56 Å². The highest BCUT2D eigenvalue weighted by Crippen LogP contribution is 2.19. The smallest absolute Gasteiger partial charge is 0.322 e. The van der Waals surface area contributed by atoms with Crippen LogP contribution in [0.5, 0.6) is 0 Å². The van der Waals surface area contributed by atoms with Crippen LogP contribution in [0.15, 0.2) is 24.3 Å². The van der Waals surface area contributed by atoms with Crippen LogP contribution in [0.4, 0.5) is 0 Å². The van der Waals surface area contributed by atoms with Gasteiger partial charge in [0.25, 0.3) is 0 Å². The van der Waals surface area contributed by atoms with E-state index in [0.29, 0.717) is 6.42 Å². The molecule has 0 saturated carbocycles. The average Bonchev–Trinajstić information content (AvgIpc) is 2.36. The van der Waals surface area contributed by atoms with Crippen molar-refractivity contribution in [3.63, 3.8) is 0 Å². The van der Waals surface area contributed by atoms with Gasteiger partial charge in [-0.3, -0.25) is 9.59 Å². The predicted molar refractivity (Wildman–Crippen MR) is 69.5 cm³/mol. The fraction of sp³-hybridized carbons (Fsp3) is 0.429. The number of carboxylic acid groups (broad SMARTS) is 1. The second-order valence-corrected chi connectivity index (χ2v) is 4.37. The van der Waals surface area contributed by atoms with Crippen LogP contribution in [-0.2, 0) is 16.0 Å². The van der Waals surface area contributed by atoms with Gasteiger partial charge in [0.2, 0.25) is 5.91 Å². The third-order valence-electron chi connectivity index (χ3n) is 2.89. The molecule has 0 spiro atoms. The highest BCUT2D eigenvalue weighted by Gasteiger charge is 2.11. The average molecular weight is 249 g/mol. The second kappa shape index (κ2) is 6.79. The third kappa shape index (κ3) is 4.57. The summed E-state index contributed by atoms with van der Waals surface area (Å²) in [6.07, 6.45) is 1.30. The van der Waals surface area contributed by atoms with Gasteiger partial charge in [-0.25, -0.2) is 0 Å². The molecule has 0 fully saturated rings. The maximum absolute atomic E-state index is 11.5. The standard InChI is InChI=1S/C14H19NO3/c1-3-11-4-6-12(7-5-11)10(2)8-13(16)15-9-14(17)18/h4-7,10H,3,8-9H2,1-2H3,(H,15,16)(H,17,18). The van der Waals surface area contributed by atoms with E-state index in [2.05, 4.69) is 24.4 Å². The highest BCUT2D eigenvalue weighted by molar-refractivity contribution is 5.81. The molecule has 2 N–H and O–H groups in total. The monoisotopic (exact) mass is 249 g/mol. The lowest BCUT2D eigenvalue weighted by Gasteiger charge is -2.12. The van der Waals surface area contributed by atoms with Gasteiger partial charge in [0, 0.05) is 6.42 Å². The number of carbonyl (C=O) groups excluding carboxylic acids is 1. The first-order chi connectivity index (χ1) is 8.52. The van der Waals surface area contributed by atoms with E-state index in [1.807, 2.05) is 19.1 Å². The number of carboxylic acids is 1. The summed E-state index contributed by atoms with van der Waals surface area (Å²) in [7, 11) is 0. The quantitative estimate of drug-likeness (QED) is 0.809. The molecule has 0 bridgehead atoms. The lowest BCUT2D eigenvalue weighted by molar-refractivity contribution is -0.138. The summed E-state index contributed by atoms with van der Waals surface area (Å²) < 4.78 is 0. The SMILES string of the molecule is CCc1ccc(C(C)CC(=O)NCC(=O)O)cc1. The molecule has 1 aromatic carbocycles. The summed E-state index contributed by atoms with van der Waals surface area (Å²) in [5.41, 5.74) is 2.36. The van der Waals surface area contributed by atoms with E-state index in [1.54, 1.807) is 0 Å². The van der Waals surface area contributed by atoms with Crippen LogP contribution in [0.25, 0.3) is 0 Å². The van der Waals surface area contributed by atoms with Crippen LogP contribution in [0, 0.1) is 0 Å². The van der Waals surface area contributed by atoms with Crippen LogP contribution < -0.4 is 5.32 Å². The largest absolute Gasteiger partial charge is 0.480 e. The first kappa shape index (κ1) is 14.2. The van der Waals surface area contributed by atoms with Gasteiger partial charge in [0.05, 0.1) is 0 Å². The van der Waals surface area contributed by atoms with Crippen LogP contribution in [0.1, 0.15) is 37.3 Å². The van der Waals surface area contributed by atoms with Gasteiger partial charge >= 0.3 is 5.97 Å². The summed E-state index contributed by atoms with van der Waals surface area (Å²) in [5.74, 6) is -1.17. The summed E-state index contributed by atoms with van der Waals surface area (Å²) in [4.78, 5) is 21.8. The number of rotatable bonds is 6. The number of hydrogen-bond acceptors (Lipinski definition) is 2. The normalized spacial score (nSPS) is 11.9. The van der Waals surface area contributed by atoms with Crippen molar-refractivity contribution < 1.29 is 14.7 Å². The fourth-order valence-electron chi connectivity index (χ4n) is 1.72. The van der Waals surface area contributed by atoms with Crippen LogP contribution in [0.3, 0.4) is 0 Å². The number of carbonyl (C=O) groups is 2. The molecule has 0 aromatic heterocycles. The van der Waals surface area contributed by atoms with Crippen molar-refractivity contribution in [2.45, 2.75) is 32.6 Å². The molecule has 98 valence electrons. The zero-order valence-corrected chi connectivity index (χ0v) is 10.8. The summed E-state index contributed by atoms with van der Waals surface area (Å²) >= 11 is 0. The predicted octanol–water partition coefficient (Wildman–Crippen LogP) is 1.94. The highest BCUT2D eigenvalue weighted by atomic mass is 16.4. The molecule has 0 aliphatic heterocycles. The molecule has 1 atom stereocenters. The van der Waals surface area contributed by atoms with Gasteiger partial charge in [-0.1, -0.05) is 38.1 Å². The van der Waals surface area contributed by atoms with Gasteiger partial charge in [-0.2, -0.15) is 0 Å². The Morgan fingerprint density at radius 1 is 1.28 bits per heavy atom. The molecule has 1 unspecified atom stereocenters. The minimum atomic E-state index is -1.02. The van der Waals surface area contributed by atoms with E-state index >= 15 is 0 Å². The summed E-state index contributed by atoms with van der Waals surface area (Å²) in [6.45, 7) is 3.74. The van der Waals surface area contributed by atoms with E-state index < -0.39 is 5.97 Å². The number of aliphatic carboxylic acids is 1. The number of benzene rings is 1. The number of aryl methyl sites for hydroxylation is 1. The Hall–Kier alpha value is -1.84. The zero-order valence-electron chi connectivity index (χ0n) is 10.8. The molecule has 4 heteroatoms. The van der Waals surface area contributed by atoms with E-state index in [0.717, 1.165) is 12.0 Å². The fourth-order valence-corrected chi connectivity index (χ4v) is 1.72. The van der Waals surface area contributed by atoms with E-state index in [9.17, 15) is 9.59 Å². The van der Waals surface area contributed by atoms with Gasteiger partial charge in [0.15, 0.2) is 0 Å². The van der Waals surface area contributed by atoms with E-state index in [4.69, 9.17) is 5.11 Å². The molecule has 0 aliphatic rings. The number of nitrogens with one attached hydrogen (secondary N) is 1. The first-order valence-corrected chi connectivity index (χ1v) is 6.10. The Balaban J connectivity index is 2.50. The van der Waals surface area contributed by atoms with Crippen LogP contribution in [-0.4, -0.2) is 23.5 Å². The van der Waals surface area contributed by atoms with E-state index in [-0.39, 0.29) is 18.4 Å². The molecule has 4 nitrogen and oxygen atoms in total. The van der Waals surface area contributed by atoms with Crippen molar-refractivity contribution >= 4 is 11.9 Å². The van der Waals surface area contributed by atoms with Crippen LogP contribution in [0.2, 0.25) is 0 Å². The maximum atomic E-state index is 11.5. The van der Waals surface area contributed by atoms with Crippen molar-refractivity contribution in [1.29, 1.82) is 0 Å². The Bertz CT molecular complexity index is 412. The van der Waals surface area contributed by atoms with Gasteiger partial charge in [0.1, 0.15) is 6.54 Å². The van der Waals surface area contributed by atoms with Crippen molar-refractivity contribution in [3.8, 4) is 0 Å². The maximum Gasteiger partial charge on any atom is 0.322 e. The number of amides is 1. The Kier molecular flexibility index (Phi) is 5.36. The Morgan fingerprint density at radius 2 is 1.89 bits per heavy atom. The minimum absolute atomic E-state index is 0.0877. The van der Waals surface area contributed by atoms with Crippen molar-refractivity contribution in [3.05, 3.63) is 35.4 Å². The molecule has 18 heavy (non-hydrogen) atoms. The third-order valence-corrected chi connectivity index (χ3v) is 2.89. The molecule has 1 aromatic rings. The zero-order chi connectivity index (χ0) is 13.5. The molecule has 1 rings (SSSR count). The van der Waals surface area contributed by atoms with Crippen molar-refractivity contribution in [2.75, 3.05) is 6.54 Å².